The molecule has 6 nitrogen and oxygen atoms in total. The molecule has 4 rings (SSSR count). The average molecular weight is 431 g/mol. The van der Waals surface area contributed by atoms with Crippen molar-refractivity contribution in [3.05, 3.63) is 33.7 Å². The number of H-pyrrole nitrogens is 1. The Morgan fingerprint density at radius 2 is 1.89 bits per heavy atom. The predicted molar refractivity (Wildman–Crippen MR) is 102 cm³/mol. The van der Waals surface area contributed by atoms with E-state index in [1.54, 1.807) is 0 Å². The lowest BCUT2D eigenvalue weighted by atomic mass is 10.1. The SMILES string of the molecule is N[C@H]1CN(C(=O)[C@@H]2CCN(C(=O)c3[nH]c4ccc(F)c(Cl)c4c3Cl)C2)C[C@@H]1F. The highest BCUT2D eigenvalue weighted by molar-refractivity contribution is 6.44. The van der Waals surface area contributed by atoms with Gasteiger partial charge in [0.05, 0.1) is 28.5 Å². The summed E-state index contributed by atoms with van der Waals surface area (Å²) in [5, 5.41) is 0.141. The van der Waals surface area contributed by atoms with Crippen molar-refractivity contribution < 1.29 is 18.4 Å². The zero-order chi connectivity index (χ0) is 20.2. The number of aromatic amines is 1. The molecule has 3 atom stereocenters. The molecule has 1 aromatic heterocycles. The van der Waals surface area contributed by atoms with Gasteiger partial charge in [0.15, 0.2) is 0 Å². The maximum absolute atomic E-state index is 13.7. The largest absolute Gasteiger partial charge is 0.349 e. The molecule has 0 aliphatic carbocycles. The van der Waals surface area contributed by atoms with E-state index in [4.69, 9.17) is 28.9 Å². The molecule has 2 fully saturated rings. The van der Waals surface area contributed by atoms with Crippen LogP contribution >= 0.6 is 23.2 Å². The lowest BCUT2D eigenvalue weighted by Gasteiger charge is -2.20. The van der Waals surface area contributed by atoms with E-state index < -0.39 is 29.9 Å². The highest BCUT2D eigenvalue weighted by Crippen LogP contribution is 2.36. The van der Waals surface area contributed by atoms with Crippen LogP contribution in [0.5, 0.6) is 0 Å². The molecule has 1 aromatic carbocycles. The van der Waals surface area contributed by atoms with Crippen LogP contribution < -0.4 is 5.73 Å². The number of hydrogen-bond donors (Lipinski definition) is 2. The number of rotatable bonds is 2. The van der Waals surface area contributed by atoms with Gasteiger partial charge in [-0.25, -0.2) is 8.78 Å². The molecule has 2 aliphatic rings. The van der Waals surface area contributed by atoms with Gasteiger partial charge in [-0.15, -0.1) is 0 Å². The summed E-state index contributed by atoms with van der Waals surface area (Å²) < 4.78 is 27.3. The van der Waals surface area contributed by atoms with Crippen molar-refractivity contribution in [2.24, 2.45) is 11.7 Å². The first-order valence-electron chi connectivity index (χ1n) is 8.90. The summed E-state index contributed by atoms with van der Waals surface area (Å²) in [6.07, 6.45) is -0.751. The minimum atomic E-state index is -1.22. The van der Waals surface area contributed by atoms with E-state index in [2.05, 4.69) is 4.98 Å². The molecule has 2 saturated heterocycles. The summed E-state index contributed by atoms with van der Waals surface area (Å²) in [4.78, 5) is 31.3. The Balaban J connectivity index is 1.51. The standard InChI is InChI=1S/C18H18Cl2F2N4O2/c19-14-9(21)1-2-12-13(14)15(20)16(24-12)18(28)25-4-3-8(5-25)17(27)26-6-10(22)11(23)7-26/h1-2,8,10-11,24H,3-7,23H2/t8-,10+,11+/m1/s1. The smallest absolute Gasteiger partial charge is 0.271 e. The van der Waals surface area contributed by atoms with Crippen LogP contribution in [0.1, 0.15) is 16.9 Å². The number of carbonyl (C=O) groups excluding carboxylic acids is 2. The predicted octanol–water partition coefficient (Wildman–Crippen LogP) is 2.58. The topological polar surface area (TPSA) is 82.4 Å². The van der Waals surface area contributed by atoms with E-state index in [9.17, 15) is 18.4 Å². The van der Waals surface area contributed by atoms with Crippen molar-refractivity contribution in [3.8, 4) is 0 Å². The molecule has 0 spiro atoms. The third-order valence-electron chi connectivity index (χ3n) is 5.43. The molecule has 3 heterocycles. The summed E-state index contributed by atoms with van der Waals surface area (Å²) in [7, 11) is 0. The van der Waals surface area contributed by atoms with Crippen LogP contribution in [-0.2, 0) is 4.79 Å². The first kappa shape index (κ1) is 19.4. The van der Waals surface area contributed by atoms with Gasteiger partial charge in [0, 0.05) is 30.5 Å². The Bertz CT molecular complexity index is 957. The number of alkyl halides is 1. The lowest BCUT2D eigenvalue weighted by Crippen LogP contribution is -2.38. The highest BCUT2D eigenvalue weighted by Gasteiger charge is 2.39. The van der Waals surface area contributed by atoms with E-state index in [-0.39, 0.29) is 46.7 Å². The van der Waals surface area contributed by atoms with Crippen molar-refractivity contribution in [3.63, 3.8) is 0 Å². The first-order valence-corrected chi connectivity index (χ1v) is 9.66. The van der Waals surface area contributed by atoms with Gasteiger partial charge >= 0.3 is 0 Å². The Labute approximate surface area is 169 Å². The van der Waals surface area contributed by atoms with Crippen molar-refractivity contribution >= 4 is 45.9 Å². The molecule has 2 aliphatic heterocycles. The molecule has 28 heavy (non-hydrogen) atoms. The van der Waals surface area contributed by atoms with Crippen molar-refractivity contribution in [1.82, 2.24) is 14.8 Å². The Morgan fingerprint density at radius 3 is 2.57 bits per heavy atom. The van der Waals surface area contributed by atoms with Crippen molar-refractivity contribution in [1.29, 1.82) is 0 Å². The number of amides is 2. The zero-order valence-corrected chi connectivity index (χ0v) is 16.2. The minimum Gasteiger partial charge on any atom is -0.349 e. The van der Waals surface area contributed by atoms with Crippen molar-refractivity contribution in [2.75, 3.05) is 26.2 Å². The number of fused-ring (bicyclic) bond motifs is 1. The van der Waals surface area contributed by atoms with Gasteiger partial charge in [-0.2, -0.15) is 0 Å². The zero-order valence-electron chi connectivity index (χ0n) is 14.7. The van der Waals surface area contributed by atoms with E-state index in [0.717, 1.165) is 0 Å². The number of benzene rings is 1. The van der Waals surface area contributed by atoms with Crippen LogP contribution in [0.4, 0.5) is 8.78 Å². The van der Waals surface area contributed by atoms with Crippen LogP contribution in [0.25, 0.3) is 10.9 Å². The number of carbonyl (C=O) groups is 2. The van der Waals surface area contributed by atoms with E-state index in [1.165, 1.54) is 21.9 Å². The number of nitrogens with two attached hydrogens (primary N) is 1. The Morgan fingerprint density at radius 1 is 1.14 bits per heavy atom. The van der Waals surface area contributed by atoms with Gasteiger partial charge in [0.1, 0.15) is 17.7 Å². The summed E-state index contributed by atoms with van der Waals surface area (Å²) in [5.74, 6) is -1.63. The van der Waals surface area contributed by atoms with E-state index in [1.807, 2.05) is 0 Å². The number of nitrogens with one attached hydrogen (secondary N) is 1. The first-order chi connectivity index (χ1) is 13.3. The average Bonchev–Trinajstić information content (AvgIpc) is 3.36. The van der Waals surface area contributed by atoms with Gasteiger partial charge in [-0.05, 0) is 18.6 Å². The summed E-state index contributed by atoms with van der Waals surface area (Å²) >= 11 is 12.3. The van der Waals surface area contributed by atoms with Gasteiger partial charge in [-0.3, -0.25) is 9.59 Å². The van der Waals surface area contributed by atoms with Gasteiger partial charge < -0.3 is 20.5 Å². The molecular formula is C18H18Cl2F2N4O2. The molecule has 0 unspecified atom stereocenters. The van der Waals surface area contributed by atoms with E-state index >= 15 is 0 Å². The molecule has 3 N–H and O–H groups in total. The molecule has 150 valence electrons. The fourth-order valence-corrected chi connectivity index (χ4v) is 4.50. The third kappa shape index (κ3) is 3.13. The Kier molecular flexibility index (Phi) is 4.97. The van der Waals surface area contributed by atoms with Crippen LogP contribution in [0, 0.1) is 11.7 Å². The molecule has 10 heteroatoms. The summed E-state index contributed by atoms with van der Waals surface area (Å²) in [6.45, 7) is 0.737. The third-order valence-corrected chi connectivity index (χ3v) is 6.18. The Hall–Kier alpha value is -1.90. The van der Waals surface area contributed by atoms with Gasteiger partial charge in [-0.1, -0.05) is 23.2 Å². The van der Waals surface area contributed by atoms with Crippen LogP contribution in [0.15, 0.2) is 12.1 Å². The number of nitrogens with zero attached hydrogens (tertiary/aromatic N) is 2. The second kappa shape index (κ2) is 7.17. The van der Waals surface area contributed by atoms with Gasteiger partial charge in [0.2, 0.25) is 5.91 Å². The summed E-state index contributed by atoms with van der Waals surface area (Å²) in [5.41, 5.74) is 6.20. The molecular weight excluding hydrogens is 413 g/mol. The van der Waals surface area contributed by atoms with Crippen molar-refractivity contribution in [2.45, 2.75) is 18.6 Å². The fraction of sp³-hybridized carbons (Fsp3) is 0.444. The maximum atomic E-state index is 13.7. The number of halogens is 4. The fourth-order valence-electron chi connectivity index (χ4n) is 3.86. The van der Waals surface area contributed by atoms with E-state index in [0.29, 0.717) is 18.5 Å². The van der Waals surface area contributed by atoms with Crippen LogP contribution in [-0.4, -0.2) is 65.0 Å². The lowest BCUT2D eigenvalue weighted by molar-refractivity contribution is -0.134. The highest BCUT2D eigenvalue weighted by atomic mass is 35.5. The molecule has 0 saturated carbocycles. The summed E-state index contributed by atoms with van der Waals surface area (Å²) in [6, 6.07) is 1.98. The maximum Gasteiger partial charge on any atom is 0.271 e. The second-order valence-electron chi connectivity index (χ2n) is 7.26. The quantitative estimate of drug-likeness (QED) is 0.767. The molecule has 2 amide bonds. The second-order valence-corrected chi connectivity index (χ2v) is 8.01. The van der Waals surface area contributed by atoms with Crippen LogP contribution in [0.2, 0.25) is 10.0 Å². The molecule has 0 bridgehead atoms. The number of likely N-dealkylation sites (tertiary alicyclic amines) is 2. The molecule has 0 radical (unpaired) electrons. The van der Waals surface area contributed by atoms with Crippen LogP contribution in [0.3, 0.4) is 0 Å². The minimum absolute atomic E-state index is 0.0116. The number of aromatic nitrogens is 1. The number of hydrogen-bond acceptors (Lipinski definition) is 3. The molecule has 2 aromatic rings. The van der Waals surface area contributed by atoms with Gasteiger partial charge in [0.25, 0.3) is 5.91 Å². The normalized spacial score (nSPS) is 25.1. The monoisotopic (exact) mass is 430 g/mol.